The Morgan fingerprint density at radius 3 is 2.91 bits per heavy atom. The van der Waals surface area contributed by atoms with E-state index < -0.39 is 0 Å². The Morgan fingerprint density at radius 2 is 2.05 bits per heavy atom. The summed E-state index contributed by atoms with van der Waals surface area (Å²) in [6, 6.07) is 11.4. The molecule has 0 amide bonds. The van der Waals surface area contributed by atoms with Gasteiger partial charge in [-0.15, -0.1) is 0 Å². The number of fused-ring (bicyclic) bond motifs is 4. The second kappa shape index (κ2) is 5.40. The van der Waals surface area contributed by atoms with Crippen LogP contribution in [0.4, 0.5) is 0 Å². The lowest BCUT2D eigenvalue weighted by Crippen LogP contribution is -2.15. The van der Waals surface area contributed by atoms with Crippen LogP contribution < -0.4 is 0 Å². The number of aryl methyl sites for hydroxylation is 1. The van der Waals surface area contributed by atoms with E-state index in [0.29, 0.717) is 11.8 Å². The van der Waals surface area contributed by atoms with Crippen molar-refractivity contribution in [1.82, 2.24) is 0 Å². The van der Waals surface area contributed by atoms with Gasteiger partial charge in [-0.3, -0.25) is 0 Å². The Kier molecular flexibility index (Phi) is 3.38. The Labute approximate surface area is 132 Å². The number of rotatable bonds is 1. The first-order chi connectivity index (χ1) is 10.7. The van der Waals surface area contributed by atoms with Crippen LogP contribution in [0.2, 0.25) is 0 Å². The molecule has 2 atom stereocenters. The van der Waals surface area contributed by atoms with Gasteiger partial charge in [0.2, 0.25) is 0 Å². The van der Waals surface area contributed by atoms with E-state index in [4.69, 9.17) is 4.74 Å². The minimum atomic E-state index is 0.457. The first-order valence-corrected chi connectivity index (χ1v) is 8.24. The SMILES string of the molecule is CCC1=CC2COCc3cc4cc(C)ccc4cc3C2C=C1. The van der Waals surface area contributed by atoms with Gasteiger partial charge < -0.3 is 4.74 Å². The first kappa shape index (κ1) is 13.8. The summed E-state index contributed by atoms with van der Waals surface area (Å²) < 4.78 is 5.98. The third-order valence-electron chi connectivity index (χ3n) is 5.00. The topological polar surface area (TPSA) is 9.23 Å². The Bertz CT molecular complexity index is 782. The van der Waals surface area contributed by atoms with E-state index in [1.165, 1.54) is 33.0 Å². The molecule has 2 aromatic rings. The fraction of sp³-hybridized carbons (Fsp3) is 0.333. The number of hydrogen-bond donors (Lipinski definition) is 0. The maximum atomic E-state index is 5.98. The maximum absolute atomic E-state index is 5.98. The minimum absolute atomic E-state index is 0.457. The summed E-state index contributed by atoms with van der Waals surface area (Å²) in [5.74, 6) is 0.933. The normalized spacial score (nSPS) is 23.6. The molecule has 0 radical (unpaired) electrons. The van der Waals surface area contributed by atoms with Crippen molar-refractivity contribution in [2.45, 2.75) is 32.8 Å². The highest BCUT2D eigenvalue weighted by atomic mass is 16.5. The van der Waals surface area contributed by atoms with E-state index in [0.717, 1.165) is 19.6 Å². The molecule has 1 heterocycles. The number of ether oxygens (including phenoxy) is 1. The molecular formula is C21H22O. The molecule has 2 aromatic carbocycles. The molecule has 22 heavy (non-hydrogen) atoms. The summed E-state index contributed by atoms with van der Waals surface area (Å²) in [6.07, 6.45) is 8.20. The van der Waals surface area contributed by atoms with E-state index in [1.807, 2.05) is 0 Å². The molecule has 0 N–H and O–H groups in total. The molecular weight excluding hydrogens is 268 g/mol. The van der Waals surface area contributed by atoms with Gasteiger partial charge in [-0.25, -0.2) is 0 Å². The fourth-order valence-electron chi connectivity index (χ4n) is 3.75. The van der Waals surface area contributed by atoms with Gasteiger partial charge in [-0.05, 0) is 41.3 Å². The molecule has 0 bridgehead atoms. The molecule has 2 unspecified atom stereocenters. The highest BCUT2D eigenvalue weighted by molar-refractivity contribution is 5.85. The van der Waals surface area contributed by atoms with Crippen LogP contribution in [0.1, 0.15) is 36.0 Å². The third-order valence-corrected chi connectivity index (χ3v) is 5.00. The lowest BCUT2D eigenvalue weighted by molar-refractivity contribution is 0.104. The smallest absolute Gasteiger partial charge is 0.0720 e. The Hall–Kier alpha value is -1.86. The minimum Gasteiger partial charge on any atom is -0.376 e. The van der Waals surface area contributed by atoms with E-state index >= 15 is 0 Å². The number of allylic oxidation sites excluding steroid dienone is 3. The monoisotopic (exact) mass is 290 g/mol. The number of hydrogen-bond acceptors (Lipinski definition) is 1. The van der Waals surface area contributed by atoms with Crippen molar-refractivity contribution in [2.24, 2.45) is 5.92 Å². The lowest BCUT2D eigenvalue weighted by atomic mass is 9.79. The Balaban J connectivity index is 1.85. The zero-order valence-corrected chi connectivity index (χ0v) is 13.3. The summed E-state index contributed by atoms with van der Waals surface area (Å²) in [5.41, 5.74) is 5.54. The highest BCUT2D eigenvalue weighted by Gasteiger charge is 2.27. The first-order valence-electron chi connectivity index (χ1n) is 8.24. The van der Waals surface area contributed by atoms with Crippen LogP contribution in [0.15, 0.2) is 54.1 Å². The third kappa shape index (κ3) is 2.30. The van der Waals surface area contributed by atoms with Crippen molar-refractivity contribution >= 4 is 10.8 Å². The van der Waals surface area contributed by atoms with Gasteiger partial charge in [-0.2, -0.15) is 0 Å². The predicted molar refractivity (Wildman–Crippen MR) is 92.1 cm³/mol. The van der Waals surface area contributed by atoms with Crippen LogP contribution in [0.3, 0.4) is 0 Å². The molecule has 1 nitrogen and oxygen atoms in total. The largest absolute Gasteiger partial charge is 0.376 e. The molecule has 1 aliphatic carbocycles. The quantitative estimate of drug-likeness (QED) is 0.694. The molecule has 0 fully saturated rings. The van der Waals surface area contributed by atoms with Crippen molar-refractivity contribution in [3.8, 4) is 0 Å². The summed E-state index contributed by atoms with van der Waals surface area (Å²) >= 11 is 0. The fourth-order valence-corrected chi connectivity index (χ4v) is 3.75. The number of benzene rings is 2. The van der Waals surface area contributed by atoms with Gasteiger partial charge in [0, 0.05) is 11.8 Å². The second-order valence-electron chi connectivity index (χ2n) is 6.56. The summed E-state index contributed by atoms with van der Waals surface area (Å²) in [4.78, 5) is 0. The van der Waals surface area contributed by atoms with Crippen molar-refractivity contribution in [3.05, 3.63) is 70.8 Å². The van der Waals surface area contributed by atoms with Crippen LogP contribution in [0.25, 0.3) is 10.8 Å². The average molecular weight is 290 g/mol. The maximum Gasteiger partial charge on any atom is 0.0720 e. The van der Waals surface area contributed by atoms with Crippen molar-refractivity contribution in [1.29, 1.82) is 0 Å². The molecule has 0 aromatic heterocycles. The molecule has 0 spiro atoms. The average Bonchev–Trinajstić information content (AvgIpc) is 2.71. The molecule has 0 saturated carbocycles. The molecule has 0 saturated heterocycles. The molecule has 4 rings (SSSR count). The zero-order valence-electron chi connectivity index (χ0n) is 13.3. The summed E-state index contributed by atoms with van der Waals surface area (Å²) in [5, 5.41) is 2.66. The highest BCUT2D eigenvalue weighted by Crippen LogP contribution is 2.39. The van der Waals surface area contributed by atoms with Crippen LogP contribution in [-0.2, 0) is 11.3 Å². The van der Waals surface area contributed by atoms with Gasteiger partial charge >= 0.3 is 0 Å². The van der Waals surface area contributed by atoms with E-state index in [1.54, 1.807) is 0 Å². The van der Waals surface area contributed by atoms with Crippen molar-refractivity contribution < 1.29 is 4.74 Å². The van der Waals surface area contributed by atoms with Gasteiger partial charge in [0.1, 0.15) is 0 Å². The van der Waals surface area contributed by atoms with Gasteiger partial charge in [0.15, 0.2) is 0 Å². The van der Waals surface area contributed by atoms with E-state index in [-0.39, 0.29) is 0 Å². The van der Waals surface area contributed by atoms with Gasteiger partial charge in [0.25, 0.3) is 0 Å². The summed E-state index contributed by atoms with van der Waals surface area (Å²) in [6.45, 7) is 5.92. The van der Waals surface area contributed by atoms with Crippen LogP contribution in [-0.4, -0.2) is 6.61 Å². The van der Waals surface area contributed by atoms with Crippen LogP contribution in [0, 0.1) is 12.8 Å². The molecule has 112 valence electrons. The Morgan fingerprint density at radius 1 is 1.14 bits per heavy atom. The van der Waals surface area contributed by atoms with Gasteiger partial charge in [0.05, 0.1) is 13.2 Å². The standard InChI is InChI=1S/C21H22O/c1-3-15-5-7-20-18(9-15)12-22-13-19-10-17-8-14(2)4-6-16(17)11-21(19)20/h4-11,18,20H,3,12-13H2,1-2H3. The molecule has 1 heteroatoms. The van der Waals surface area contributed by atoms with Gasteiger partial charge in [-0.1, -0.05) is 60.6 Å². The van der Waals surface area contributed by atoms with E-state index in [2.05, 4.69) is 62.4 Å². The van der Waals surface area contributed by atoms with Crippen molar-refractivity contribution in [2.75, 3.05) is 6.61 Å². The predicted octanol–water partition coefficient (Wildman–Crippen LogP) is 5.28. The zero-order chi connectivity index (χ0) is 15.1. The second-order valence-corrected chi connectivity index (χ2v) is 6.56. The van der Waals surface area contributed by atoms with Crippen LogP contribution >= 0.6 is 0 Å². The molecule has 2 aliphatic rings. The van der Waals surface area contributed by atoms with E-state index in [9.17, 15) is 0 Å². The van der Waals surface area contributed by atoms with Crippen LogP contribution in [0.5, 0.6) is 0 Å². The summed E-state index contributed by atoms with van der Waals surface area (Å²) in [7, 11) is 0. The van der Waals surface area contributed by atoms with Crippen molar-refractivity contribution in [3.63, 3.8) is 0 Å². The lowest BCUT2D eigenvalue weighted by Gasteiger charge is -2.25. The molecule has 1 aliphatic heterocycles.